The summed E-state index contributed by atoms with van der Waals surface area (Å²) >= 11 is 0. The number of hydrogen-bond donors (Lipinski definition) is 1. The van der Waals surface area contributed by atoms with Crippen molar-refractivity contribution in [1.82, 2.24) is 4.90 Å². The average molecular weight is 353 g/mol. The lowest BCUT2D eigenvalue weighted by Crippen LogP contribution is -2.39. The topological polar surface area (TPSA) is 65.8 Å². The lowest BCUT2D eigenvalue weighted by molar-refractivity contribution is -0.130. The van der Waals surface area contributed by atoms with Crippen molar-refractivity contribution >= 4 is 17.8 Å². The van der Waals surface area contributed by atoms with Gasteiger partial charge < -0.3 is 15.0 Å². The van der Waals surface area contributed by atoms with Crippen molar-refractivity contribution < 1.29 is 9.53 Å². The molecule has 1 N–H and O–H groups in total. The quantitative estimate of drug-likeness (QED) is 0.765. The minimum Gasteiger partial charge on any atom is -0.497 e. The molecule has 1 amide bonds. The third-order valence-corrected chi connectivity index (χ3v) is 5.33. The second-order valence-corrected chi connectivity index (χ2v) is 6.92. The first-order chi connectivity index (χ1) is 12.7. The lowest BCUT2D eigenvalue weighted by Gasteiger charge is -2.30. The molecule has 3 rings (SSSR count). The Morgan fingerprint density at radius 2 is 2.31 bits per heavy atom. The number of amides is 1. The maximum absolute atomic E-state index is 12.8. The van der Waals surface area contributed by atoms with Gasteiger partial charge >= 0.3 is 0 Å². The molecule has 2 heterocycles. The van der Waals surface area contributed by atoms with Gasteiger partial charge in [0.15, 0.2) is 0 Å². The number of nitrogens with one attached hydrogen (secondary N) is 1. The van der Waals surface area contributed by atoms with E-state index in [2.05, 4.69) is 6.92 Å². The van der Waals surface area contributed by atoms with Gasteiger partial charge in [-0.1, -0.05) is 19.1 Å². The fourth-order valence-electron chi connectivity index (χ4n) is 3.79. The SMILES string of the molecule is CCC(CC=N)C1=NCC2=C1CN(C(=O)Cc1cccc(OC)c1)CC2. The van der Waals surface area contributed by atoms with Crippen LogP contribution >= 0.6 is 0 Å². The number of nitrogens with zero attached hydrogens (tertiary/aromatic N) is 2. The molecule has 0 spiro atoms. The zero-order chi connectivity index (χ0) is 18.5. The van der Waals surface area contributed by atoms with Crippen LogP contribution in [-0.2, 0) is 11.2 Å². The minimum atomic E-state index is 0.149. The van der Waals surface area contributed by atoms with Crippen LogP contribution in [0.5, 0.6) is 5.75 Å². The van der Waals surface area contributed by atoms with Crippen molar-refractivity contribution in [2.24, 2.45) is 10.9 Å². The van der Waals surface area contributed by atoms with Gasteiger partial charge in [0, 0.05) is 24.7 Å². The summed E-state index contributed by atoms with van der Waals surface area (Å²) in [5.74, 6) is 1.23. The van der Waals surface area contributed by atoms with Gasteiger partial charge in [0.25, 0.3) is 0 Å². The average Bonchev–Trinajstić information content (AvgIpc) is 3.09. The number of carbonyl (C=O) groups excluding carboxylic acids is 1. The molecule has 26 heavy (non-hydrogen) atoms. The highest BCUT2D eigenvalue weighted by Gasteiger charge is 2.31. The number of aliphatic imine (C=N–C) groups is 1. The van der Waals surface area contributed by atoms with Gasteiger partial charge in [-0.3, -0.25) is 9.79 Å². The number of methoxy groups -OCH3 is 1. The lowest BCUT2D eigenvalue weighted by atomic mass is 9.88. The summed E-state index contributed by atoms with van der Waals surface area (Å²) in [6.07, 6.45) is 4.48. The smallest absolute Gasteiger partial charge is 0.227 e. The molecule has 0 aliphatic carbocycles. The Morgan fingerprint density at radius 3 is 3.04 bits per heavy atom. The molecule has 0 aromatic heterocycles. The summed E-state index contributed by atoms with van der Waals surface area (Å²) in [5, 5.41) is 7.43. The van der Waals surface area contributed by atoms with Crippen LogP contribution in [-0.4, -0.2) is 49.5 Å². The molecule has 0 fully saturated rings. The van der Waals surface area contributed by atoms with E-state index in [1.807, 2.05) is 29.2 Å². The molecule has 0 saturated heterocycles. The summed E-state index contributed by atoms with van der Waals surface area (Å²) in [6.45, 7) is 4.35. The number of rotatable bonds is 7. The Balaban J connectivity index is 1.69. The molecule has 1 aromatic rings. The van der Waals surface area contributed by atoms with Gasteiger partial charge in [0.1, 0.15) is 5.75 Å². The van der Waals surface area contributed by atoms with Crippen molar-refractivity contribution in [2.75, 3.05) is 26.7 Å². The summed E-state index contributed by atoms with van der Waals surface area (Å²) < 4.78 is 5.25. The molecule has 5 heteroatoms. The highest BCUT2D eigenvalue weighted by Crippen LogP contribution is 2.30. The van der Waals surface area contributed by atoms with Crippen LogP contribution in [0.1, 0.15) is 31.7 Å². The Labute approximate surface area is 155 Å². The molecule has 1 atom stereocenters. The normalized spacial score (nSPS) is 17.6. The van der Waals surface area contributed by atoms with Gasteiger partial charge in [0.05, 0.1) is 20.1 Å². The van der Waals surface area contributed by atoms with Gasteiger partial charge in [-0.05, 0) is 54.3 Å². The molecule has 138 valence electrons. The molecular formula is C21H27N3O2. The van der Waals surface area contributed by atoms with E-state index >= 15 is 0 Å². The Bertz CT molecular complexity index is 751. The molecular weight excluding hydrogens is 326 g/mol. The third-order valence-electron chi connectivity index (χ3n) is 5.33. The molecule has 1 aromatic carbocycles. The predicted octanol–water partition coefficient (Wildman–Crippen LogP) is 3.29. The Kier molecular flexibility index (Phi) is 5.86. The molecule has 0 saturated carbocycles. The standard InChI is InChI=1S/C21H27N3O2/c1-3-16(7-9-22)21-19-14-24(10-8-17(19)13-23-21)20(25)12-15-5-4-6-18(11-15)26-2/h4-6,9,11,16,22H,3,7-8,10,12-14H2,1-2H3. The van der Waals surface area contributed by atoms with Gasteiger partial charge in [-0.25, -0.2) is 0 Å². The first-order valence-corrected chi connectivity index (χ1v) is 9.31. The van der Waals surface area contributed by atoms with E-state index in [-0.39, 0.29) is 5.91 Å². The zero-order valence-electron chi connectivity index (χ0n) is 15.6. The zero-order valence-corrected chi connectivity index (χ0v) is 15.6. The van der Waals surface area contributed by atoms with Crippen LogP contribution in [0.4, 0.5) is 0 Å². The monoisotopic (exact) mass is 353 g/mol. The molecule has 0 radical (unpaired) electrons. The Morgan fingerprint density at radius 1 is 1.46 bits per heavy atom. The second kappa shape index (κ2) is 8.30. The van der Waals surface area contributed by atoms with E-state index in [1.165, 1.54) is 17.4 Å². The van der Waals surface area contributed by atoms with Crippen LogP contribution < -0.4 is 4.74 Å². The minimum absolute atomic E-state index is 0.149. The van der Waals surface area contributed by atoms with Gasteiger partial charge in [-0.2, -0.15) is 0 Å². The summed E-state index contributed by atoms with van der Waals surface area (Å²) in [6, 6.07) is 7.70. The van der Waals surface area contributed by atoms with E-state index in [9.17, 15) is 4.79 Å². The fraction of sp³-hybridized carbons (Fsp3) is 0.476. The van der Waals surface area contributed by atoms with E-state index in [1.54, 1.807) is 7.11 Å². The van der Waals surface area contributed by atoms with Crippen LogP contribution in [0.2, 0.25) is 0 Å². The largest absolute Gasteiger partial charge is 0.497 e. The van der Waals surface area contributed by atoms with Crippen molar-refractivity contribution in [3.63, 3.8) is 0 Å². The van der Waals surface area contributed by atoms with Crippen molar-refractivity contribution in [1.29, 1.82) is 5.41 Å². The molecule has 1 unspecified atom stereocenters. The van der Waals surface area contributed by atoms with E-state index in [4.69, 9.17) is 15.1 Å². The summed E-state index contributed by atoms with van der Waals surface area (Å²) in [7, 11) is 1.64. The highest BCUT2D eigenvalue weighted by atomic mass is 16.5. The van der Waals surface area contributed by atoms with Crippen molar-refractivity contribution in [3.8, 4) is 5.75 Å². The van der Waals surface area contributed by atoms with Crippen LogP contribution in [0.3, 0.4) is 0 Å². The molecule has 0 bridgehead atoms. The van der Waals surface area contributed by atoms with Gasteiger partial charge in [-0.15, -0.1) is 0 Å². The van der Waals surface area contributed by atoms with Crippen molar-refractivity contribution in [3.05, 3.63) is 41.0 Å². The second-order valence-electron chi connectivity index (χ2n) is 6.92. The predicted molar refractivity (Wildman–Crippen MR) is 104 cm³/mol. The molecule has 5 nitrogen and oxygen atoms in total. The van der Waals surface area contributed by atoms with E-state index in [0.29, 0.717) is 18.9 Å². The maximum Gasteiger partial charge on any atom is 0.227 e. The molecule has 2 aliphatic heterocycles. The van der Waals surface area contributed by atoms with Crippen LogP contribution in [0, 0.1) is 11.3 Å². The summed E-state index contributed by atoms with van der Waals surface area (Å²) in [4.78, 5) is 19.5. The number of carbonyl (C=O) groups is 1. The number of benzene rings is 1. The molecule has 2 aliphatic rings. The number of hydrogen-bond acceptors (Lipinski definition) is 4. The van der Waals surface area contributed by atoms with E-state index in [0.717, 1.165) is 49.4 Å². The van der Waals surface area contributed by atoms with Crippen molar-refractivity contribution in [2.45, 2.75) is 32.6 Å². The summed E-state index contributed by atoms with van der Waals surface area (Å²) in [5.41, 5.74) is 4.74. The van der Waals surface area contributed by atoms with Crippen LogP contribution in [0.15, 0.2) is 40.4 Å². The van der Waals surface area contributed by atoms with Gasteiger partial charge in [0.2, 0.25) is 5.91 Å². The third kappa shape index (κ3) is 3.87. The number of ether oxygens (including phenoxy) is 1. The van der Waals surface area contributed by atoms with Crippen LogP contribution in [0.25, 0.3) is 0 Å². The Hall–Kier alpha value is -2.43. The first-order valence-electron chi connectivity index (χ1n) is 9.31. The maximum atomic E-state index is 12.8. The first kappa shape index (κ1) is 18.4. The fourth-order valence-corrected chi connectivity index (χ4v) is 3.79. The highest BCUT2D eigenvalue weighted by molar-refractivity contribution is 6.06. The van der Waals surface area contributed by atoms with E-state index < -0.39 is 0 Å².